The Kier molecular flexibility index (Phi) is 6.27. The van der Waals surface area contributed by atoms with E-state index in [9.17, 15) is 18.4 Å². The molecule has 7 nitrogen and oxygen atoms in total. The van der Waals surface area contributed by atoms with Crippen molar-refractivity contribution in [1.82, 2.24) is 15.1 Å². The van der Waals surface area contributed by atoms with Crippen molar-refractivity contribution in [2.75, 3.05) is 45.9 Å². The van der Waals surface area contributed by atoms with Crippen LogP contribution in [0.4, 0.5) is 8.78 Å². The van der Waals surface area contributed by atoms with E-state index in [-0.39, 0.29) is 56.7 Å². The molecule has 0 saturated carbocycles. The largest absolute Gasteiger partial charge is 0.378 e. The van der Waals surface area contributed by atoms with Crippen molar-refractivity contribution in [2.45, 2.75) is 43.9 Å². The Hall–Kier alpha value is -2.10. The van der Waals surface area contributed by atoms with Gasteiger partial charge in [-0.2, -0.15) is 0 Å². The van der Waals surface area contributed by atoms with Gasteiger partial charge < -0.3 is 19.7 Å². The van der Waals surface area contributed by atoms with E-state index in [2.05, 4.69) is 10.2 Å². The molecule has 4 rings (SSSR count). The highest BCUT2D eigenvalue weighted by Crippen LogP contribution is 2.38. The van der Waals surface area contributed by atoms with E-state index in [4.69, 9.17) is 9.47 Å². The Morgan fingerprint density at radius 3 is 2.65 bits per heavy atom. The molecule has 0 aliphatic carbocycles. The van der Waals surface area contributed by atoms with Crippen LogP contribution in [0.5, 0.6) is 0 Å². The molecule has 0 unspecified atom stereocenters. The lowest BCUT2D eigenvalue weighted by molar-refractivity contribution is -0.135. The molecule has 3 saturated heterocycles. The van der Waals surface area contributed by atoms with Crippen molar-refractivity contribution in [1.29, 1.82) is 0 Å². The topological polar surface area (TPSA) is 71.1 Å². The highest BCUT2D eigenvalue weighted by Gasteiger charge is 2.51. The van der Waals surface area contributed by atoms with Crippen molar-refractivity contribution in [3.05, 3.63) is 35.4 Å². The molecule has 3 aliphatic heterocycles. The Bertz CT molecular complexity index is 844. The molecule has 1 spiro atoms. The lowest BCUT2D eigenvalue weighted by atomic mass is 9.82. The number of hydrogen-bond donors (Lipinski definition) is 1. The normalized spacial score (nSPS) is 32.2. The van der Waals surface area contributed by atoms with E-state index in [1.165, 1.54) is 6.07 Å². The SMILES string of the molecule is C[C@@H]1CN(CC(=O)N2C[C@@H](c3ccc(F)c(F)c3)[C@@]3(COCCC(=O)N3)C2)C[C@H](C)O1. The molecule has 4 atom stereocenters. The number of halogens is 2. The van der Waals surface area contributed by atoms with E-state index in [0.29, 0.717) is 25.2 Å². The minimum absolute atomic E-state index is 0.0472. The maximum absolute atomic E-state index is 14.0. The molecular weight excluding hydrogens is 408 g/mol. The van der Waals surface area contributed by atoms with Crippen LogP contribution >= 0.6 is 0 Å². The van der Waals surface area contributed by atoms with E-state index in [1.807, 2.05) is 13.8 Å². The second kappa shape index (κ2) is 8.80. The number of morpholine rings is 1. The molecule has 3 aliphatic rings. The average Bonchev–Trinajstić information content (AvgIpc) is 2.95. The number of carbonyl (C=O) groups is 2. The standard InChI is InChI=1S/C22H29F2N3O4/c1-14-8-26(9-15(2)31-14)11-21(29)27-10-17(16-3-4-18(23)19(24)7-16)22(12-27)13-30-6-5-20(28)25-22/h3-4,7,14-15,17H,5-6,8-13H2,1-2H3,(H,25,28)/t14-,15+,17-,22-/m0/s1. The first-order chi connectivity index (χ1) is 14.8. The van der Waals surface area contributed by atoms with E-state index in [0.717, 1.165) is 12.1 Å². The van der Waals surface area contributed by atoms with E-state index < -0.39 is 23.1 Å². The van der Waals surface area contributed by atoms with Gasteiger partial charge in [-0.05, 0) is 31.5 Å². The number of rotatable bonds is 3. The summed E-state index contributed by atoms with van der Waals surface area (Å²) in [6, 6.07) is 3.75. The third-order valence-corrected chi connectivity index (χ3v) is 6.32. The summed E-state index contributed by atoms with van der Waals surface area (Å²) in [4.78, 5) is 29.3. The summed E-state index contributed by atoms with van der Waals surface area (Å²) in [5, 5.41) is 3.03. The summed E-state index contributed by atoms with van der Waals surface area (Å²) >= 11 is 0. The summed E-state index contributed by atoms with van der Waals surface area (Å²) < 4.78 is 39.0. The van der Waals surface area contributed by atoms with E-state index >= 15 is 0 Å². The predicted molar refractivity (Wildman–Crippen MR) is 108 cm³/mol. The monoisotopic (exact) mass is 437 g/mol. The van der Waals surface area contributed by atoms with Gasteiger partial charge in [-0.3, -0.25) is 14.5 Å². The molecular formula is C22H29F2N3O4. The van der Waals surface area contributed by atoms with Crippen LogP contribution in [0, 0.1) is 11.6 Å². The molecule has 9 heteroatoms. The van der Waals surface area contributed by atoms with Crippen LogP contribution in [-0.2, 0) is 19.1 Å². The third kappa shape index (κ3) is 4.73. The van der Waals surface area contributed by atoms with Crippen molar-refractivity contribution in [2.24, 2.45) is 0 Å². The molecule has 3 heterocycles. The van der Waals surface area contributed by atoms with Gasteiger partial charge in [-0.25, -0.2) is 8.78 Å². The van der Waals surface area contributed by atoms with Gasteiger partial charge in [-0.15, -0.1) is 0 Å². The van der Waals surface area contributed by atoms with Gasteiger partial charge in [0, 0.05) is 38.5 Å². The maximum atomic E-state index is 14.0. The van der Waals surface area contributed by atoms with Crippen LogP contribution in [-0.4, -0.2) is 85.3 Å². The van der Waals surface area contributed by atoms with Crippen molar-refractivity contribution < 1.29 is 27.8 Å². The van der Waals surface area contributed by atoms with Crippen LogP contribution < -0.4 is 5.32 Å². The van der Waals surface area contributed by atoms with Gasteiger partial charge in [0.05, 0.1) is 37.5 Å². The van der Waals surface area contributed by atoms with Crippen LogP contribution in [0.25, 0.3) is 0 Å². The molecule has 0 bridgehead atoms. The zero-order chi connectivity index (χ0) is 22.2. The zero-order valence-electron chi connectivity index (χ0n) is 17.9. The maximum Gasteiger partial charge on any atom is 0.236 e. The Morgan fingerprint density at radius 1 is 1.19 bits per heavy atom. The molecule has 31 heavy (non-hydrogen) atoms. The number of hydrogen-bond acceptors (Lipinski definition) is 5. The van der Waals surface area contributed by atoms with Gasteiger partial charge in [0.2, 0.25) is 11.8 Å². The Morgan fingerprint density at radius 2 is 1.94 bits per heavy atom. The van der Waals surface area contributed by atoms with Crippen molar-refractivity contribution in [3.8, 4) is 0 Å². The highest BCUT2D eigenvalue weighted by molar-refractivity contribution is 5.81. The number of benzene rings is 1. The fraction of sp³-hybridized carbons (Fsp3) is 0.636. The molecule has 3 fully saturated rings. The van der Waals surface area contributed by atoms with E-state index in [1.54, 1.807) is 4.90 Å². The summed E-state index contributed by atoms with van der Waals surface area (Å²) in [7, 11) is 0. The molecule has 170 valence electrons. The van der Waals surface area contributed by atoms with Gasteiger partial charge in [0.1, 0.15) is 0 Å². The second-order valence-electron chi connectivity index (χ2n) is 8.96. The third-order valence-electron chi connectivity index (χ3n) is 6.32. The molecule has 0 radical (unpaired) electrons. The minimum Gasteiger partial charge on any atom is -0.378 e. The molecule has 1 aromatic carbocycles. The van der Waals surface area contributed by atoms with Gasteiger partial charge in [0.25, 0.3) is 0 Å². The van der Waals surface area contributed by atoms with Gasteiger partial charge in [-0.1, -0.05) is 6.07 Å². The first-order valence-electron chi connectivity index (χ1n) is 10.7. The predicted octanol–water partition coefficient (Wildman–Crippen LogP) is 1.28. The highest BCUT2D eigenvalue weighted by atomic mass is 19.2. The smallest absolute Gasteiger partial charge is 0.236 e. The fourth-order valence-electron chi connectivity index (χ4n) is 5.03. The van der Waals surface area contributed by atoms with Crippen LogP contribution in [0.3, 0.4) is 0 Å². The Balaban J connectivity index is 1.57. The lowest BCUT2D eigenvalue weighted by Crippen LogP contribution is -2.56. The van der Waals surface area contributed by atoms with Crippen LogP contribution in [0.15, 0.2) is 18.2 Å². The number of nitrogens with zero attached hydrogens (tertiary/aromatic N) is 2. The number of likely N-dealkylation sites (tertiary alicyclic amines) is 1. The Labute approximate surface area is 180 Å². The zero-order valence-corrected chi connectivity index (χ0v) is 17.9. The van der Waals surface area contributed by atoms with Crippen LogP contribution in [0.1, 0.15) is 31.7 Å². The summed E-state index contributed by atoms with van der Waals surface area (Å²) in [6.07, 6.45) is 0.320. The summed E-state index contributed by atoms with van der Waals surface area (Å²) in [6.45, 7) is 6.59. The molecule has 2 amide bonds. The number of carbonyl (C=O) groups excluding carboxylic acids is 2. The number of amides is 2. The summed E-state index contributed by atoms with van der Waals surface area (Å²) in [5.74, 6) is -2.52. The molecule has 1 aromatic rings. The number of nitrogens with one attached hydrogen (secondary N) is 1. The minimum atomic E-state index is -0.949. The van der Waals surface area contributed by atoms with Crippen molar-refractivity contribution >= 4 is 11.8 Å². The van der Waals surface area contributed by atoms with Gasteiger partial charge >= 0.3 is 0 Å². The number of ether oxygens (including phenoxy) is 2. The van der Waals surface area contributed by atoms with Crippen LogP contribution in [0.2, 0.25) is 0 Å². The molecule has 1 N–H and O–H groups in total. The fourth-order valence-corrected chi connectivity index (χ4v) is 5.03. The van der Waals surface area contributed by atoms with Crippen molar-refractivity contribution in [3.63, 3.8) is 0 Å². The quantitative estimate of drug-likeness (QED) is 0.772. The molecule has 0 aromatic heterocycles. The average molecular weight is 437 g/mol. The lowest BCUT2D eigenvalue weighted by Gasteiger charge is -2.36. The van der Waals surface area contributed by atoms with Gasteiger partial charge in [0.15, 0.2) is 11.6 Å². The first kappa shape index (κ1) is 22.1. The summed E-state index contributed by atoms with van der Waals surface area (Å²) in [5.41, 5.74) is -0.340. The first-order valence-corrected chi connectivity index (χ1v) is 10.7. The second-order valence-corrected chi connectivity index (χ2v) is 8.96.